The average molecular weight is 377 g/mol. The van der Waals surface area contributed by atoms with E-state index in [1.54, 1.807) is 7.11 Å². The van der Waals surface area contributed by atoms with Gasteiger partial charge < -0.3 is 19.9 Å². The largest absolute Gasteiger partial charge is 0.497 e. The number of hydrogen-bond acceptors (Lipinski definition) is 2. The normalized spacial score (nSPS) is 19.5. The van der Waals surface area contributed by atoms with Crippen LogP contribution in [0.25, 0.3) is 0 Å². The summed E-state index contributed by atoms with van der Waals surface area (Å²) in [6.45, 7) is 4.88. The number of methoxy groups -OCH3 is 1. The summed E-state index contributed by atoms with van der Waals surface area (Å²) in [4.78, 5) is 14.8. The van der Waals surface area contributed by atoms with Crippen molar-refractivity contribution in [1.29, 1.82) is 0 Å². The average Bonchev–Trinajstić information content (AvgIpc) is 2.66. The highest BCUT2D eigenvalue weighted by Gasteiger charge is 2.25. The summed E-state index contributed by atoms with van der Waals surface area (Å²) < 4.78 is 31.8. The molecule has 2 aromatic carbocycles. The van der Waals surface area contributed by atoms with E-state index in [-0.39, 0.29) is 18.1 Å². The molecule has 3 rings (SSSR count). The van der Waals surface area contributed by atoms with Gasteiger partial charge in [0.05, 0.1) is 12.8 Å². The molecule has 27 heavy (non-hydrogen) atoms. The summed E-state index contributed by atoms with van der Waals surface area (Å²) in [6.07, 6.45) is 0. The number of nitrogens with one attached hydrogen (secondary N) is 3. The fourth-order valence-electron chi connectivity index (χ4n) is 3.39. The van der Waals surface area contributed by atoms with E-state index in [0.29, 0.717) is 0 Å². The van der Waals surface area contributed by atoms with Crippen LogP contribution < -0.4 is 19.9 Å². The summed E-state index contributed by atoms with van der Waals surface area (Å²) >= 11 is 0. The number of quaternary nitrogens is 2. The standard InChI is InChI=1S/C20H23F2N3O2/c1-27-17-4-2-3-15(11-17)13-24-7-9-25(10-8-24)14-20(26)23-19-6-5-16(21)12-18(19)22/h2-6,11-12H,7-10,13-14H2,1H3,(H,23,26)/p+2. The molecule has 5 nitrogen and oxygen atoms in total. The SMILES string of the molecule is COc1cccc(C[NH+]2CC[NH+](CC(=O)Nc3ccc(F)cc3F)CC2)c1. The second kappa shape index (κ2) is 8.92. The van der Waals surface area contributed by atoms with Crippen molar-refractivity contribution in [2.75, 3.05) is 45.2 Å². The van der Waals surface area contributed by atoms with E-state index in [2.05, 4.69) is 17.4 Å². The number of carbonyl (C=O) groups is 1. The topological polar surface area (TPSA) is 47.2 Å². The first-order chi connectivity index (χ1) is 13.0. The van der Waals surface area contributed by atoms with Crippen molar-refractivity contribution in [3.63, 3.8) is 0 Å². The molecule has 7 heteroatoms. The molecule has 1 saturated heterocycles. The lowest BCUT2D eigenvalue weighted by atomic mass is 10.2. The Labute approximate surface area is 157 Å². The number of piperazine rings is 1. The Balaban J connectivity index is 1.45. The molecule has 1 amide bonds. The monoisotopic (exact) mass is 377 g/mol. The van der Waals surface area contributed by atoms with Gasteiger partial charge in [-0.15, -0.1) is 0 Å². The van der Waals surface area contributed by atoms with E-state index in [1.807, 2.05) is 12.1 Å². The number of anilines is 1. The van der Waals surface area contributed by atoms with Crippen LogP contribution in [0, 0.1) is 11.6 Å². The third-order valence-electron chi connectivity index (χ3n) is 4.87. The lowest BCUT2D eigenvalue weighted by Gasteiger charge is -2.29. The molecule has 0 radical (unpaired) electrons. The number of carbonyl (C=O) groups excluding carboxylic acids is 1. The highest BCUT2D eigenvalue weighted by atomic mass is 19.1. The van der Waals surface area contributed by atoms with Gasteiger partial charge in [-0.1, -0.05) is 12.1 Å². The molecule has 0 spiro atoms. The van der Waals surface area contributed by atoms with Gasteiger partial charge in [-0.05, 0) is 24.3 Å². The fourth-order valence-corrected chi connectivity index (χ4v) is 3.39. The molecule has 0 aromatic heterocycles. The van der Waals surface area contributed by atoms with Gasteiger partial charge in [0.25, 0.3) is 5.91 Å². The fraction of sp³-hybridized carbons (Fsp3) is 0.350. The zero-order valence-electron chi connectivity index (χ0n) is 15.4. The van der Waals surface area contributed by atoms with Crippen LogP contribution in [0.4, 0.5) is 14.5 Å². The van der Waals surface area contributed by atoms with Crippen molar-refractivity contribution in [2.24, 2.45) is 0 Å². The van der Waals surface area contributed by atoms with Gasteiger partial charge in [0.2, 0.25) is 0 Å². The summed E-state index contributed by atoms with van der Waals surface area (Å²) in [7, 11) is 1.66. The molecule has 1 aliphatic heterocycles. The van der Waals surface area contributed by atoms with Crippen LogP contribution in [-0.2, 0) is 11.3 Å². The van der Waals surface area contributed by atoms with E-state index >= 15 is 0 Å². The molecule has 1 aliphatic rings. The smallest absolute Gasteiger partial charge is 0.279 e. The van der Waals surface area contributed by atoms with E-state index in [1.165, 1.54) is 21.4 Å². The van der Waals surface area contributed by atoms with Gasteiger partial charge in [-0.2, -0.15) is 0 Å². The van der Waals surface area contributed by atoms with Crippen molar-refractivity contribution < 1.29 is 28.1 Å². The maximum atomic E-state index is 13.6. The minimum absolute atomic E-state index is 0.0167. The van der Waals surface area contributed by atoms with Crippen molar-refractivity contribution in [3.05, 3.63) is 59.7 Å². The van der Waals surface area contributed by atoms with Crippen molar-refractivity contribution in [2.45, 2.75) is 6.54 Å². The second-order valence-corrected chi connectivity index (χ2v) is 6.88. The van der Waals surface area contributed by atoms with Crippen molar-refractivity contribution in [1.82, 2.24) is 0 Å². The molecular weight excluding hydrogens is 352 g/mol. The van der Waals surface area contributed by atoms with Gasteiger partial charge in [-0.25, -0.2) is 8.78 Å². The molecule has 1 fully saturated rings. The van der Waals surface area contributed by atoms with Gasteiger partial charge >= 0.3 is 0 Å². The number of rotatable bonds is 6. The number of amides is 1. The highest BCUT2D eigenvalue weighted by molar-refractivity contribution is 5.91. The molecule has 0 saturated carbocycles. The number of halogens is 2. The van der Waals surface area contributed by atoms with Crippen molar-refractivity contribution >= 4 is 11.6 Å². The summed E-state index contributed by atoms with van der Waals surface area (Å²) in [6, 6.07) is 11.2. The Morgan fingerprint density at radius 3 is 2.52 bits per heavy atom. The van der Waals surface area contributed by atoms with Crippen LogP contribution in [0.1, 0.15) is 5.56 Å². The molecule has 2 aromatic rings. The lowest BCUT2D eigenvalue weighted by Crippen LogP contribution is -3.28. The van der Waals surface area contributed by atoms with E-state index in [9.17, 15) is 13.6 Å². The van der Waals surface area contributed by atoms with Crippen LogP contribution in [0.5, 0.6) is 5.75 Å². The van der Waals surface area contributed by atoms with Gasteiger partial charge in [0.15, 0.2) is 6.54 Å². The Bertz CT molecular complexity index is 793. The highest BCUT2D eigenvalue weighted by Crippen LogP contribution is 2.14. The van der Waals surface area contributed by atoms with E-state index in [4.69, 9.17) is 4.74 Å². The van der Waals surface area contributed by atoms with E-state index in [0.717, 1.165) is 50.6 Å². The maximum Gasteiger partial charge on any atom is 0.279 e. The predicted molar refractivity (Wildman–Crippen MR) is 97.9 cm³/mol. The number of benzene rings is 2. The van der Waals surface area contributed by atoms with E-state index < -0.39 is 11.6 Å². The minimum Gasteiger partial charge on any atom is -0.497 e. The molecule has 0 aliphatic carbocycles. The third kappa shape index (κ3) is 5.48. The summed E-state index contributed by atoms with van der Waals surface area (Å²) in [5.41, 5.74) is 1.25. The molecule has 0 bridgehead atoms. The van der Waals surface area contributed by atoms with Crippen LogP contribution in [0.3, 0.4) is 0 Å². The second-order valence-electron chi connectivity index (χ2n) is 6.88. The molecule has 1 heterocycles. The predicted octanol–water partition coefficient (Wildman–Crippen LogP) is -0.104. The minimum atomic E-state index is -0.758. The summed E-state index contributed by atoms with van der Waals surface area (Å²) in [5, 5.41) is 2.53. The van der Waals surface area contributed by atoms with Crippen LogP contribution in [0.2, 0.25) is 0 Å². The first-order valence-corrected chi connectivity index (χ1v) is 9.08. The Hall–Kier alpha value is -2.51. The zero-order chi connectivity index (χ0) is 19.2. The Morgan fingerprint density at radius 2 is 1.81 bits per heavy atom. The molecule has 0 unspecified atom stereocenters. The Morgan fingerprint density at radius 1 is 1.07 bits per heavy atom. The maximum absolute atomic E-state index is 13.6. The summed E-state index contributed by atoms with van der Waals surface area (Å²) in [5.74, 6) is -0.815. The van der Waals surface area contributed by atoms with Gasteiger partial charge in [-0.3, -0.25) is 4.79 Å². The van der Waals surface area contributed by atoms with Crippen LogP contribution >= 0.6 is 0 Å². The van der Waals surface area contributed by atoms with Gasteiger partial charge in [0.1, 0.15) is 50.1 Å². The quantitative estimate of drug-likeness (QED) is 0.658. The van der Waals surface area contributed by atoms with Gasteiger partial charge in [0, 0.05) is 11.6 Å². The first-order valence-electron chi connectivity index (χ1n) is 9.08. The van der Waals surface area contributed by atoms with Crippen molar-refractivity contribution in [3.8, 4) is 5.75 Å². The number of ether oxygens (including phenoxy) is 1. The first kappa shape index (κ1) is 19.3. The Kier molecular flexibility index (Phi) is 6.36. The molecule has 0 atom stereocenters. The lowest BCUT2D eigenvalue weighted by molar-refractivity contribution is -1.02. The number of hydrogen-bond donors (Lipinski definition) is 3. The third-order valence-corrected chi connectivity index (χ3v) is 4.87. The molecule has 144 valence electrons. The molecule has 3 N–H and O–H groups in total. The zero-order valence-corrected chi connectivity index (χ0v) is 15.4. The van der Waals surface area contributed by atoms with Crippen LogP contribution in [-0.4, -0.2) is 45.7 Å². The van der Waals surface area contributed by atoms with Crippen LogP contribution in [0.15, 0.2) is 42.5 Å². The molecular formula is C20H25F2N3O2+2.